The monoisotopic (exact) mass is 194 g/mol. The number of aromatic nitrogens is 2. The Morgan fingerprint density at radius 2 is 2.21 bits per heavy atom. The van der Waals surface area contributed by atoms with Crippen molar-refractivity contribution in [3.63, 3.8) is 0 Å². The van der Waals surface area contributed by atoms with Gasteiger partial charge in [-0.3, -0.25) is 20.1 Å². The number of rotatable bonds is 4. The Hall–Kier alpha value is -1.49. The Bertz CT molecular complexity index is 301. The van der Waals surface area contributed by atoms with E-state index in [1.54, 1.807) is 25.5 Å². The van der Waals surface area contributed by atoms with Crippen molar-refractivity contribution >= 4 is 5.91 Å². The molecule has 3 N–H and O–H groups in total. The normalized spacial score (nSPS) is 14.7. The molecule has 0 spiro atoms. The second-order valence-corrected chi connectivity index (χ2v) is 3.14. The predicted molar refractivity (Wildman–Crippen MR) is 52.2 cm³/mol. The van der Waals surface area contributed by atoms with Crippen molar-refractivity contribution in [3.05, 3.63) is 24.3 Å². The van der Waals surface area contributed by atoms with E-state index < -0.39 is 0 Å². The fourth-order valence-corrected chi connectivity index (χ4v) is 1.08. The highest BCUT2D eigenvalue weighted by molar-refractivity contribution is 5.79. The van der Waals surface area contributed by atoms with Gasteiger partial charge in [0.25, 0.3) is 0 Å². The number of nitrogens with two attached hydrogens (primary N) is 1. The number of nitrogens with one attached hydrogen (secondary N) is 1. The molecule has 1 aromatic heterocycles. The van der Waals surface area contributed by atoms with E-state index in [9.17, 15) is 4.79 Å². The van der Waals surface area contributed by atoms with E-state index in [2.05, 4.69) is 15.3 Å². The van der Waals surface area contributed by atoms with Crippen LogP contribution in [-0.2, 0) is 4.79 Å². The predicted octanol–water partition coefficient (Wildman–Crippen LogP) is 0.001000. The van der Waals surface area contributed by atoms with Crippen molar-refractivity contribution in [3.8, 4) is 0 Å². The fraction of sp³-hybridized carbons (Fsp3) is 0.444. The number of carbonyl (C=O) groups is 1. The molecule has 1 aromatic rings. The lowest BCUT2D eigenvalue weighted by molar-refractivity contribution is -0.119. The molecule has 0 aliphatic carbocycles. The van der Waals surface area contributed by atoms with Crippen LogP contribution in [0.25, 0.3) is 0 Å². The molecular formula is C9H14N4O. The molecule has 0 saturated heterocycles. The van der Waals surface area contributed by atoms with Gasteiger partial charge in [-0.2, -0.15) is 0 Å². The minimum Gasteiger partial charge on any atom is -0.368 e. The van der Waals surface area contributed by atoms with Crippen LogP contribution in [0.15, 0.2) is 18.6 Å². The number of amides is 1. The summed E-state index contributed by atoms with van der Waals surface area (Å²) in [7, 11) is 0. The molecule has 0 fully saturated rings. The van der Waals surface area contributed by atoms with Crippen LogP contribution < -0.4 is 11.1 Å². The van der Waals surface area contributed by atoms with Gasteiger partial charge in [0.05, 0.1) is 11.7 Å². The van der Waals surface area contributed by atoms with Crippen LogP contribution in [0.1, 0.15) is 25.6 Å². The topological polar surface area (TPSA) is 80.9 Å². The molecule has 0 aliphatic rings. The van der Waals surface area contributed by atoms with Crippen molar-refractivity contribution in [2.24, 2.45) is 5.73 Å². The lowest BCUT2D eigenvalue weighted by Gasteiger charge is -2.16. The summed E-state index contributed by atoms with van der Waals surface area (Å²) < 4.78 is 0. The molecule has 5 heteroatoms. The Balaban J connectivity index is 2.59. The quantitative estimate of drug-likeness (QED) is 0.707. The molecule has 1 rings (SSSR count). The molecule has 5 nitrogen and oxygen atoms in total. The molecular weight excluding hydrogens is 180 g/mol. The molecule has 2 unspecified atom stereocenters. The van der Waals surface area contributed by atoms with Crippen LogP contribution in [0, 0.1) is 0 Å². The highest BCUT2D eigenvalue weighted by Gasteiger charge is 2.13. The maximum Gasteiger partial charge on any atom is 0.234 e. The van der Waals surface area contributed by atoms with E-state index in [1.807, 2.05) is 6.92 Å². The average Bonchev–Trinajstić information content (AvgIpc) is 2.19. The third kappa shape index (κ3) is 2.77. The largest absolute Gasteiger partial charge is 0.368 e. The summed E-state index contributed by atoms with van der Waals surface area (Å²) in [6.07, 6.45) is 4.88. The zero-order valence-corrected chi connectivity index (χ0v) is 8.27. The van der Waals surface area contributed by atoms with Crippen molar-refractivity contribution in [2.75, 3.05) is 0 Å². The van der Waals surface area contributed by atoms with E-state index in [0.717, 1.165) is 5.69 Å². The lowest BCUT2D eigenvalue weighted by Crippen LogP contribution is -2.40. The van der Waals surface area contributed by atoms with Crippen LogP contribution in [0.3, 0.4) is 0 Å². The summed E-state index contributed by atoms with van der Waals surface area (Å²) in [4.78, 5) is 18.8. The highest BCUT2D eigenvalue weighted by atomic mass is 16.1. The van der Waals surface area contributed by atoms with Gasteiger partial charge in [0.1, 0.15) is 0 Å². The first-order valence-corrected chi connectivity index (χ1v) is 4.42. The van der Waals surface area contributed by atoms with Gasteiger partial charge >= 0.3 is 0 Å². The van der Waals surface area contributed by atoms with Gasteiger partial charge in [-0.25, -0.2) is 0 Å². The van der Waals surface area contributed by atoms with E-state index in [-0.39, 0.29) is 18.0 Å². The number of hydrogen-bond acceptors (Lipinski definition) is 4. The Labute approximate surface area is 82.7 Å². The molecule has 0 bridgehead atoms. The molecule has 1 amide bonds. The summed E-state index contributed by atoms with van der Waals surface area (Å²) >= 11 is 0. The van der Waals surface area contributed by atoms with Crippen LogP contribution in [0.2, 0.25) is 0 Å². The maximum absolute atomic E-state index is 10.8. The van der Waals surface area contributed by atoms with Crippen LogP contribution in [0.5, 0.6) is 0 Å². The number of primary amides is 1. The Morgan fingerprint density at radius 3 is 2.71 bits per heavy atom. The van der Waals surface area contributed by atoms with E-state index in [1.165, 1.54) is 0 Å². The van der Waals surface area contributed by atoms with Gasteiger partial charge in [-0.05, 0) is 13.8 Å². The summed E-state index contributed by atoms with van der Waals surface area (Å²) in [5, 5.41) is 3.02. The SMILES string of the molecule is CC(NC(C)c1cnccn1)C(N)=O. The molecule has 76 valence electrons. The summed E-state index contributed by atoms with van der Waals surface area (Å²) in [6, 6.07) is -0.404. The Morgan fingerprint density at radius 1 is 1.50 bits per heavy atom. The molecule has 0 radical (unpaired) electrons. The van der Waals surface area contributed by atoms with E-state index in [0.29, 0.717) is 0 Å². The maximum atomic E-state index is 10.8. The van der Waals surface area contributed by atoms with Gasteiger partial charge in [-0.1, -0.05) is 0 Å². The summed E-state index contributed by atoms with van der Waals surface area (Å²) in [5.74, 6) is -0.374. The molecule has 1 heterocycles. The lowest BCUT2D eigenvalue weighted by atomic mass is 10.2. The molecule has 14 heavy (non-hydrogen) atoms. The highest BCUT2D eigenvalue weighted by Crippen LogP contribution is 2.07. The second-order valence-electron chi connectivity index (χ2n) is 3.14. The van der Waals surface area contributed by atoms with Gasteiger partial charge in [0.2, 0.25) is 5.91 Å². The van der Waals surface area contributed by atoms with Gasteiger partial charge in [0.15, 0.2) is 0 Å². The fourth-order valence-electron chi connectivity index (χ4n) is 1.08. The first kappa shape index (κ1) is 10.6. The van der Waals surface area contributed by atoms with Gasteiger partial charge < -0.3 is 5.73 Å². The molecule has 0 saturated carbocycles. The van der Waals surface area contributed by atoms with Gasteiger partial charge in [-0.15, -0.1) is 0 Å². The van der Waals surface area contributed by atoms with E-state index >= 15 is 0 Å². The second kappa shape index (κ2) is 4.66. The Kier molecular flexibility index (Phi) is 3.53. The zero-order chi connectivity index (χ0) is 10.6. The van der Waals surface area contributed by atoms with Crippen molar-refractivity contribution in [2.45, 2.75) is 25.9 Å². The third-order valence-corrected chi connectivity index (χ3v) is 1.95. The zero-order valence-electron chi connectivity index (χ0n) is 8.27. The first-order valence-electron chi connectivity index (χ1n) is 4.42. The first-order chi connectivity index (χ1) is 6.61. The van der Waals surface area contributed by atoms with Crippen LogP contribution in [0.4, 0.5) is 0 Å². The van der Waals surface area contributed by atoms with E-state index in [4.69, 9.17) is 5.73 Å². The number of hydrogen-bond donors (Lipinski definition) is 2. The molecule has 0 aliphatic heterocycles. The number of carbonyl (C=O) groups excluding carboxylic acids is 1. The van der Waals surface area contributed by atoms with Crippen molar-refractivity contribution in [1.82, 2.24) is 15.3 Å². The minimum absolute atomic E-state index is 0.0359. The van der Waals surface area contributed by atoms with Crippen molar-refractivity contribution in [1.29, 1.82) is 0 Å². The molecule has 0 aromatic carbocycles. The molecule has 2 atom stereocenters. The smallest absolute Gasteiger partial charge is 0.234 e. The minimum atomic E-state index is -0.374. The van der Waals surface area contributed by atoms with Gasteiger partial charge in [0, 0.05) is 24.6 Å². The third-order valence-electron chi connectivity index (χ3n) is 1.95. The summed E-state index contributed by atoms with van der Waals surface area (Å²) in [6.45, 7) is 3.62. The van der Waals surface area contributed by atoms with Crippen molar-refractivity contribution < 1.29 is 4.79 Å². The van der Waals surface area contributed by atoms with Crippen LogP contribution in [-0.4, -0.2) is 21.9 Å². The van der Waals surface area contributed by atoms with Crippen LogP contribution >= 0.6 is 0 Å². The average molecular weight is 194 g/mol. The standard InChI is InChI=1S/C9H14N4O/c1-6(13-7(2)9(10)14)8-5-11-3-4-12-8/h3-7,13H,1-2H3,(H2,10,14). The number of nitrogens with zero attached hydrogens (tertiary/aromatic N) is 2. The summed E-state index contributed by atoms with van der Waals surface area (Å²) in [5.41, 5.74) is 5.92.